The van der Waals surface area contributed by atoms with Crippen molar-refractivity contribution >= 4 is 39.7 Å². The predicted octanol–water partition coefficient (Wildman–Crippen LogP) is 5.34. The van der Waals surface area contributed by atoms with Crippen LogP contribution in [0.5, 0.6) is 5.75 Å². The molecule has 0 atom stereocenters. The third kappa shape index (κ3) is 3.95. The van der Waals surface area contributed by atoms with Crippen LogP contribution in [0, 0.1) is 11.3 Å². The van der Waals surface area contributed by atoms with Gasteiger partial charge in [-0.1, -0.05) is 84.9 Å². The Morgan fingerprint density at radius 2 is 1.27 bits per heavy atom. The minimum atomic E-state index is -2.83. The SMILES string of the molecule is COc1ccc(C2=P(c3ccccc3)(c3ccccc3)C(c3ccc(C#N)cc3)=C(C(C)=O)C2=O)cc1. The molecule has 37 heavy (non-hydrogen) atoms. The third-order valence-corrected chi connectivity index (χ3v) is 11.1. The van der Waals surface area contributed by atoms with Crippen molar-refractivity contribution in [3.05, 3.63) is 131 Å². The van der Waals surface area contributed by atoms with Gasteiger partial charge in [0.15, 0.2) is 11.6 Å². The predicted molar refractivity (Wildman–Crippen MR) is 150 cm³/mol. The molecule has 0 N–H and O–H groups in total. The number of hydrogen-bond acceptors (Lipinski definition) is 4. The molecule has 4 nitrogen and oxygen atoms in total. The van der Waals surface area contributed by atoms with E-state index < -0.39 is 6.89 Å². The monoisotopic (exact) mass is 501 g/mol. The summed E-state index contributed by atoms with van der Waals surface area (Å²) in [7, 11) is 1.60. The molecule has 5 heteroatoms. The summed E-state index contributed by atoms with van der Waals surface area (Å²) in [5.41, 5.74) is 2.24. The highest BCUT2D eigenvalue weighted by molar-refractivity contribution is 7.99. The summed E-state index contributed by atoms with van der Waals surface area (Å²) in [5.74, 6) is 0.160. The number of ether oxygens (including phenoxy) is 1. The maximum atomic E-state index is 14.4. The van der Waals surface area contributed by atoms with Crippen LogP contribution in [0.15, 0.2) is 115 Å². The van der Waals surface area contributed by atoms with Crippen LogP contribution in [0.3, 0.4) is 0 Å². The van der Waals surface area contributed by atoms with Gasteiger partial charge in [0, 0.05) is 10.6 Å². The number of Topliss-reactive ketones (excluding diaryl/α,β-unsaturated/α-hetero) is 2. The Kier molecular flexibility index (Phi) is 6.49. The van der Waals surface area contributed by atoms with Crippen molar-refractivity contribution in [2.24, 2.45) is 0 Å². The number of ketones is 2. The number of nitrogens with zero attached hydrogens (tertiary/aromatic N) is 1. The molecule has 5 rings (SSSR count). The Morgan fingerprint density at radius 3 is 1.73 bits per heavy atom. The van der Waals surface area contributed by atoms with E-state index >= 15 is 0 Å². The minimum Gasteiger partial charge on any atom is -0.497 e. The van der Waals surface area contributed by atoms with Crippen LogP contribution in [-0.2, 0) is 9.59 Å². The van der Waals surface area contributed by atoms with E-state index in [-0.39, 0.29) is 17.1 Å². The fraction of sp³-hybridized carbons (Fsp3) is 0.0625. The second-order valence-electron chi connectivity index (χ2n) is 8.72. The highest BCUT2D eigenvalue weighted by Gasteiger charge is 2.45. The van der Waals surface area contributed by atoms with Gasteiger partial charge in [0.1, 0.15) is 5.75 Å². The number of benzene rings is 4. The Labute approximate surface area is 216 Å². The molecular weight excluding hydrogens is 477 g/mol. The molecule has 0 fully saturated rings. The normalized spacial score (nSPS) is 14.4. The summed E-state index contributed by atoms with van der Waals surface area (Å²) in [6.07, 6.45) is 0. The van der Waals surface area contributed by atoms with Gasteiger partial charge in [0.2, 0.25) is 0 Å². The minimum absolute atomic E-state index is 0.205. The van der Waals surface area contributed by atoms with Crippen molar-refractivity contribution in [1.29, 1.82) is 5.26 Å². The van der Waals surface area contributed by atoms with E-state index in [0.29, 0.717) is 16.6 Å². The zero-order valence-electron chi connectivity index (χ0n) is 20.5. The fourth-order valence-electron chi connectivity index (χ4n) is 5.07. The van der Waals surface area contributed by atoms with E-state index in [1.54, 1.807) is 19.2 Å². The van der Waals surface area contributed by atoms with Crippen molar-refractivity contribution in [3.8, 4) is 11.8 Å². The molecule has 0 spiro atoms. The van der Waals surface area contributed by atoms with Gasteiger partial charge in [-0.05, 0) is 59.8 Å². The molecule has 180 valence electrons. The van der Waals surface area contributed by atoms with Crippen LogP contribution in [0.2, 0.25) is 0 Å². The maximum absolute atomic E-state index is 14.4. The highest BCUT2D eigenvalue weighted by atomic mass is 31.2. The molecule has 0 saturated carbocycles. The molecule has 0 radical (unpaired) electrons. The van der Waals surface area contributed by atoms with E-state index in [0.717, 1.165) is 27.1 Å². The van der Waals surface area contributed by atoms with Crippen LogP contribution >= 0.6 is 6.89 Å². The van der Waals surface area contributed by atoms with Crippen molar-refractivity contribution in [2.75, 3.05) is 7.11 Å². The molecule has 0 saturated heterocycles. The summed E-state index contributed by atoms with van der Waals surface area (Å²) in [6, 6.07) is 36.8. The van der Waals surface area contributed by atoms with Crippen LogP contribution in [-0.4, -0.2) is 24.0 Å². The largest absolute Gasteiger partial charge is 0.497 e. The summed E-state index contributed by atoms with van der Waals surface area (Å²) in [6.45, 7) is -1.37. The van der Waals surface area contributed by atoms with Gasteiger partial charge in [-0.25, -0.2) is 0 Å². The quantitative estimate of drug-likeness (QED) is 0.264. The van der Waals surface area contributed by atoms with E-state index in [1.165, 1.54) is 6.92 Å². The van der Waals surface area contributed by atoms with Gasteiger partial charge in [-0.2, -0.15) is 5.26 Å². The lowest BCUT2D eigenvalue weighted by atomic mass is 9.98. The first-order chi connectivity index (χ1) is 18.0. The van der Waals surface area contributed by atoms with Gasteiger partial charge >= 0.3 is 0 Å². The molecule has 1 aliphatic heterocycles. The lowest BCUT2D eigenvalue weighted by Crippen LogP contribution is -2.24. The number of hydrogen-bond donors (Lipinski definition) is 0. The third-order valence-electron chi connectivity index (χ3n) is 6.64. The second-order valence-corrected chi connectivity index (χ2v) is 12.0. The topological polar surface area (TPSA) is 67.2 Å². The van der Waals surface area contributed by atoms with Crippen molar-refractivity contribution in [2.45, 2.75) is 6.92 Å². The Balaban J connectivity index is 2.02. The molecule has 0 aromatic heterocycles. The molecule has 0 unspecified atom stereocenters. The molecule has 4 aromatic rings. The molecule has 0 bridgehead atoms. The Bertz CT molecular complexity index is 1580. The summed E-state index contributed by atoms with van der Waals surface area (Å²) in [5, 5.41) is 12.7. The van der Waals surface area contributed by atoms with Crippen LogP contribution in [0.25, 0.3) is 5.31 Å². The summed E-state index contributed by atoms with van der Waals surface area (Å²) >= 11 is 0. The zero-order chi connectivity index (χ0) is 26.0. The first-order valence-corrected chi connectivity index (χ1v) is 13.6. The van der Waals surface area contributed by atoms with Gasteiger partial charge in [0.05, 0.1) is 24.3 Å². The Hall–Kier alpha value is -4.45. The van der Waals surface area contributed by atoms with E-state index in [4.69, 9.17) is 4.74 Å². The van der Waals surface area contributed by atoms with Gasteiger partial charge in [-0.15, -0.1) is 0 Å². The molecule has 0 amide bonds. The number of carbonyl (C=O) groups excluding carboxylic acids is 2. The number of rotatable bonds is 6. The molecule has 0 aliphatic carbocycles. The van der Waals surface area contributed by atoms with Gasteiger partial charge in [0.25, 0.3) is 0 Å². The molecule has 1 aliphatic rings. The van der Waals surface area contributed by atoms with Crippen LogP contribution < -0.4 is 15.3 Å². The molecular formula is C32H24NO3P. The van der Waals surface area contributed by atoms with E-state index in [2.05, 4.69) is 6.07 Å². The second kappa shape index (κ2) is 9.90. The fourth-order valence-corrected chi connectivity index (χ4v) is 9.94. The molecule has 1 heterocycles. The lowest BCUT2D eigenvalue weighted by Gasteiger charge is -2.31. The first-order valence-electron chi connectivity index (χ1n) is 11.9. The van der Waals surface area contributed by atoms with E-state index in [9.17, 15) is 14.9 Å². The standard InChI is InChI=1S/C32H24NO3P/c1-22(34)29-30(35)32(25-17-19-26(36-2)20-18-25)37(27-9-5-3-6-10-27,28-11-7-4-8-12-28)31(29)24-15-13-23(21-33)14-16-24/h3-20H,1-2H3. The highest BCUT2D eigenvalue weighted by Crippen LogP contribution is 2.65. The summed E-state index contributed by atoms with van der Waals surface area (Å²) in [4.78, 5) is 27.6. The van der Waals surface area contributed by atoms with Gasteiger partial charge in [-0.3, -0.25) is 9.59 Å². The maximum Gasteiger partial charge on any atom is 0.198 e. The number of carbonyl (C=O) groups is 2. The van der Waals surface area contributed by atoms with Crippen LogP contribution in [0.1, 0.15) is 23.6 Å². The smallest absolute Gasteiger partial charge is 0.198 e. The van der Waals surface area contributed by atoms with Gasteiger partial charge < -0.3 is 4.74 Å². The lowest BCUT2D eigenvalue weighted by molar-refractivity contribution is -0.117. The zero-order valence-corrected chi connectivity index (χ0v) is 21.4. The Morgan fingerprint density at radius 1 is 0.757 bits per heavy atom. The van der Waals surface area contributed by atoms with Crippen molar-refractivity contribution in [3.63, 3.8) is 0 Å². The molecule has 4 aromatic carbocycles. The first kappa shape index (κ1) is 24.3. The number of methoxy groups -OCH3 is 1. The average molecular weight is 502 g/mol. The number of nitriles is 1. The van der Waals surface area contributed by atoms with Crippen LogP contribution in [0.4, 0.5) is 0 Å². The van der Waals surface area contributed by atoms with Crippen molar-refractivity contribution < 1.29 is 14.3 Å². The van der Waals surface area contributed by atoms with Crippen molar-refractivity contribution in [1.82, 2.24) is 0 Å². The number of allylic oxidation sites excluding steroid dienone is 1. The summed E-state index contributed by atoms with van der Waals surface area (Å²) < 4.78 is 5.38. The van der Waals surface area contributed by atoms with E-state index in [1.807, 2.05) is 97.1 Å². The average Bonchev–Trinajstić information content (AvgIpc) is 3.24.